The van der Waals surface area contributed by atoms with Gasteiger partial charge in [0.1, 0.15) is 29.7 Å². The fraction of sp³-hybridized carbons (Fsp3) is 0.231. The SMILES string of the molecule is COc1cc2c(Oc3ccc(NC(=O)c4ccccc4)cc3)ccnc2cc1OCC[C@H](NC(=O)OCc1ccccc1)C(=O)OC(C)(C)C. The van der Waals surface area contributed by atoms with Crippen LogP contribution in [0.5, 0.6) is 23.0 Å². The zero-order chi connectivity index (χ0) is 35.5. The van der Waals surface area contributed by atoms with Gasteiger partial charge in [-0.2, -0.15) is 0 Å². The number of carbonyl (C=O) groups is 3. The van der Waals surface area contributed by atoms with E-state index < -0.39 is 23.7 Å². The second-order valence-electron chi connectivity index (χ2n) is 12.2. The van der Waals surface area contributed by atoms with E-state index in [-0.39, 0.29) is 25.5 Å². The fourth-order valence-corrected chi connectivity index (χ4v) is 4.83. The third-order valence-electron chi connectivity index (χ3n) is 7.22. The minimum Gasteiger partial charge on any atom is -0.493 e. The summed E-state index contributed by atoms with van der Waals surface area (Å²) in [6.07, 6.45) is 0.956. The van der Waals surface area contributed by atoms with Crippen molar-refractivity contribution >= 4 is 34.6 Å². The van der Waals surface area contributed by atoms with Gasteiger partial charge in [0.2, 0.25) is 0 Å². The molecule has 0 aliphatic heterocycles. The molecule has 0 aliphatic rings. The number of nitrogens with one attached hydrogen (secondary N) is 2. The lowest BCUT2D eigenvalue weighted by Crippen LogP contribution is -2.45. The monoisotopic (exact) mass is 677 g/mol. The summed E-state index contributed by atoms with van der Waals surface area (Å²) in [6.45, 7) is 5.33. The molecule has 258 valence electrons. The predicted octanol–water partition coefficient (Wildman–Crippen LogP) is 7.69. The first-order valence-corrected chi connectivity index (χ1v) is 16.0. The van der Waals surface area contributed by atoms with Crippen molar-refractivity contribution in [1.82, 2.24) is 10.3 Å². The molecule has 0 fully saturated rings. The Hall–Kier alpha value is -6.10. The van der Waals surface area contributed by atoms with Crippen LogP contribution < -0.4 is 24.8 Å². The van der Waals surface area contributed by atoms with E-state index in [1.807, 2.05) is 48.5 Å². The van der Waals surface area contributed by atoms with E-state index in [2.05, 4.69) is 15.6 Å². The largest absolute Gasteiger partial charge is 0.493 e. The van der Waals surface area contributed by atoms with Gasteiger partial charge < -0.3 is 34.3 Å². The van der Waals surface area contributed by atoms with Crippen molar-refractivity contribution in [2.75, 3.05) is 19.0 Å². The molecule has 5 rings (SSSR count). The number of nitrogens with zero attached hydrogens (tertiary/aromatic N) is 1. The number of rotatable bonds is 13. The van der Waals surface area contributed by atoms with Crippen LogP contribution in [0.1, 0.15) is 43.1 Å². The second kappa shape index (κ2) is 16.3. The van der Waals surface area contributed by atoms with Crippen molar-refractivity contribution in [3.63, 3.8) is 0 Å². The van der Waals surface area contributed by atoms with E-state index in [1.54, 1.807) is 81.6 Å². The lowest BCUT2D eigenvalue weighted by atomic mass is 10.1. The first kappa shape index (κ1) is 35.2. The van der Waals surface area contributed by atoms with Crippen LogP contribution in [-0.2, 0) is 20.9 Å². The van der Waals surface area contributed by atoms with Crippen LogP contribution in [0.3, 0.4) is 0 Å². The molecule has 4 aromatic carbocycles. The summed E-state index contributed by atoms with van der Waals surface area (Å²) < 4.78 is 28.7. The number of alkyl carbamates (subject to hydrolysis) is 1. The van der Waals surface area contributed by atoms with E-state index in [9.17, 15) is 14.4 Å². The summed E-state index contributed by atoms with van der Waals surface area (Å²) >= 11 is 0. The zero-order valence-corrected chi connectivity index (χ0v) is 28.3. The Morgan fingerprint density at radius 3 is 2.20 bits per heavy atom. The normalized spacial score (nSPS) is 11.6. The molecule has 0 radical (unpaired) electrons. The zero-order valence-electron chi connectivity index (χ0n) is 28.3. The highest BCUT2D eigenvalue weighted by Crippen LogP contribution is 2.37. The first-order chi connectivity index (χ1) is 24.1. The molecule has 0 bridgehead atoms. The predicted molar refractivity (Wildman–Crippen MR) is 189 cm³/mol. The van der Waals surface area contributed by atoms with Crippen molar-refractivity contribution in [3.8, 4) is 23.0 Å². The highest BCUT2D eigenvalue weighted by Gasteiger charge is 2.27. The number of esters is 1. The molecule has 0 saturated carbocycles. The summed E-state index contributed by atoms with van der Waals surface area (Å²) in [5, 5.41) is 6.16. The molecule has 1 aromatic heterocycles. The topological polar surface area (TPSA) is 134 Å². The van der Waals surface area contributed by atoms with Crippen LogP contribution in [0, 0.1) is 0 Å². The number of aromatic nitrogens is 1. The van der Waals surface area contributed by atoms with Crippen LogP contribution in [-0.4, -0.2) is 48.3 Å². The van der Waals surface area contributed by atoms with Crippen LogP contribution >= 0.6 is 0 Å². The average Bonchev–Trinajstić information content (AvgIpc) is 3.11. The number of anilines is 1. The molecule has 11 nitrogen and oxygen atoms in total. The van der Waals surface area contributed by atoms with Crippen LogP contribution in [0.2, 0.25) is 0 Å². The maximum absolute atomic E-state index is 13.0. The lowest BCUT2D eigenvalue weighted by Gasteiger charge is -2.24. The van der Waals surface area contributed by atoms with Gasteiger partial charge >= 0.3 is 12.1 Å². The number of hydrogen-bond donors (Lipinski definition) is 2. The molecule has 2 amide bonds. The van der Waals surface area contributed by atoms with Crippen LogP contribution in [0.4, 0.5) is 10.5 Å². The molecule has 11 heteroatoms. The Bertz CT molecular complexity index is 1910. The Balaban J connectivity index is 1.24. The number of hydrogen-bond acceptors (Lipinski definition) is 9. The van der Waals surface area contributed by atoms with Gasteiger partial charge in [-0.1, -0.05) is 48.5 Å². The number of methoxy groups -OCH3 is 1. The molecular formula is C39H39N3O8. The summed E-state index contributed by atoms with van der Waals surface area (Å²) in [7, 11) is 1.52. The highest BCUT2D eigenvalue weighted by molar-refractivity contribution is 6.04. The van der Waals surface area contributed by atoms with E-state index in [1.165, 1.54) is 7.11 Å². The van der Waals surface area contributed by atoms with Gasteiger partial charge in [-0.05, 0) is 74.9 Å². The molecule has 0 spiro atoms. The van der Waals surface area contributed by atoms with Gasteiger partial charge in [0, 0.05) is 35.3 Å². The van der Waals surface area contributed by atoms with Crippen molar-refractivity contribution in [3.05, 3.63) is 120 Å². The quantitative estimate of drug-likeness (QED) is 0.120. The Labute approximate surface area is 290 Å². The summed E-state index contributed by atoms with van der Waals surface area (Å²) in [5.41, 5.74) is 1.82. The standard InChI is InChI=1S/C39H39N3O8/c1-39(2,3)50-37(44)31(42-38(45)48-25-26-11-7-5-8-12-26)20-22-47-35-24-32-30(23-34(35)46-4)33(19-21-40-32)49-29-17-15-28(16-18-29)41-36(43)27-13-9-6-10-14-27/h5-19,21,23-24,31H,20,22,25H2,1-4H3,(H,41,43)(H,42,45)/t31-/m0/s1. The molecule has 2 N–H and O–H groups in total. The van der Waals surface area contributed by atoms with E-state index in [0.717, 1.165) is 5.56 Å². The minimum absolute atomic E-state index is 0.0358. The molecule has 1 atom stereocenters. The van der Waals surface area contributed by atoms with Crippen molar-refractivity contribution in [2.45, 2.75) is 45.4 Å². The second-order valence-corrected chi connectivity index (χ2v) is 12.2. The van der Waals surface area contributed by atoms with E-state index in [0.29, 0.717) is 45.2 Å². The number of amides is 2. The van der Waals surface area contributed by atoms with Gasteiger partial charge in [-0.3, -0.25) is 9.78 Å². The summed E-state index contributed by atoms with van der Waals surface area (Å²) in [5.74, 6) is 1.07. The van der Waals surface area contributed by atoms with Crippen molar-refractivity contribution in [2.24, 2.45) is 0 Å². The fourth-order valence-electron chi connectivity index (χ4n) is 4.83. The van der Waals surface area contributed by atoms with E-state index in [4.69, 9.17) is 23.7 Å². The Morgan fingerprint density at radius 1 is 0.820 bits per heavy atom. The maximum Gasteiger partial charge on any atom is 0.408 e. The minimum atomic E-state index is -1.03. The number of ether oxygens (including phenoxy) is 5. The average molecular weight is 678 g/mol. The van der Waals surface area contributed by atoms with Crippen molar-refractivity contribution in [1.29, 1.82) is 0 Å². The molecule has 0 aliphatic carbocycles. The lowest BCUT2D eigenvalue weighted by molar-refractivity contribution is -0.157. The number of fused-ring (bicyclic) bond motifs is 1. The van der Waals surface area contributed by atoms with E-state index >= 15 is 0 Å². The van der Waals surface area contributed by atoms with Gasteiger partial charge in [-0.15, -0.1) is 0 Å². The Kier molecular flexibility index (Phi) is 11.5. The highest BCUT2D eigenvalue weighted by atomic mass is 16.6. The number of benzene rings is 4. The van der Waals surface area contributed by atoms with Crippen LogP contribution in [0.25, 0.3) is 10.9 Å². The third-order valence-corrected chi connectivity index (χ3v) is 7.22. The molecular weight excluding hydrogens is 638 g/mol. The molecule has 1 heterocycles. The summed E-state index contributed by atoms with van der Waals surface area (Å²) in [6, 6.07) is 29.4. The van der Waals surface area contributed by atoms with Crippen molar-refractivity contribution < 1.29 is 38.1 Å². The van der Waals surface area contributed by atoms with Crippen LogP contribution in [0.15, 0.2) is 109 Å². The third kappa shape index (κ3) is 9.96. The van der Waals surface area contributed by atoms with Gasteiger partial charge in [0.15, 0.2) is 11.5 Å². The smallest absolute Gasteiger partial charge is 0.408 e. The summed E-state index contributed by atoms with van der Waals surface area (Å²) in [4.78, 5) is 42.6. The van der Waals surface area contributed by atoms with Gasteiger partial charge in [0.05, 0.1) is 19.2 Å². The van der Waals surface area contributed by atoms with Gasteiger partial charge in [0.25, 0.3) is 5.91 Å². The molecule has 0 saturated heterocycles. The van der Waals surface area contributed by atoms with Gasteiger partial charge in [-0.25, -0.2) is 9.59 Å². The molecule has 50 heavy (non-hydrogen) atoms. The molecule has 5 aromatic rings. The first-order valence-electron chi connectivity index (χ1n) is 16.0. The Morgan fingerprint density at radius 2 is 1.52 bits per heavy atom. The number of pyridine rings is 1. The maximum atomic E-state index is 13.0. The molecule has 0 unspecified atom stereocenters. The number of carbonyl (C=O) groups excluding carboxylic acids is 3.